The first-order valence-electron chi connectivity index (χ1n) is 17.6. The molecule has 2 aliphatic heterocycles. The molecule has 0 bridgehead atoms. The summed E-state index contributed by atoms with van der Waals surface area (Å²) in [5, 5.41) is 5.06. The largest absolute Gasteiger partial charge is 0.453 e. The van der Waals surface area contributed by atoms with Crippen LogP contribution < -0.4 is 9.47 Å². The summed E-state index contributed by atoms with van der Waals surface area (Å²) >= 11 is 6.78. The molecular weight excluding hydrogens is 800 g/mol. The van der Waals surface area contributed by atoms with Gasteiger partial charge in [-0.1, -0.05) is 69.0 Å². The third-order valence-corrected chi connectivity index (χ3v) is 10.2. The van der Waals surface area contributed by atoms with E-state index in [-0.39, 0.29) is 25.2 Å². The molecule has 4 aromatic rings. The fourth-order valence-electron chi connectivity index (χ4n) is 6.32. The summed E-state index contributed by atoms with van der Waals surface area (Å²) in [5.41, 5.74) is 0.715. The van der Waals surface area contributed by atoms with Gasteiger partial charge in [0, 0.05) is 23.5 Å². The zero-order valence-corrected chi connectivity index (χ0v) is 31.7. The Morgan fingerprint density at radius 1 is 0.538 bits per heavy atom. The molecule has 4 aromatic carbocycles. The van der Waals surface area contributed by atoms with E-state index in [0.717, 1.165) is 70.7 Å². The van der Waals surface area contributed by atoms with Crippen molar-refractivity contribution < 1.29 is 47.6 Å². The molecule has 0 saturated carbocycles. The summed E-state index contributed by atoms with van der Waals surface area (Å²) in [5.74, 6) is -0.686. The lowest BCUT2D eigenvalue weighted by Crippen LogP contribution is -2.36. The molecule has 52 heavy (non-hydrogen) atoms. The first-order chi connectivity index (χ1) is 25.3. The Balaban J connectivity index is 0.995. The standard InChI is InChI=1S/C40H40Br2O10/c41-17-5-1-3-7-35(43)49-31-15-13-25-19-29(11-9-27(25)21-31)39(45)51-33-23-47-38-34(24-48-37(33)38)52-40(46)30-12-10-28-22-32(16-14-26(28)20-30)50-36(44)8-4-2-6-18-42/h9-16,19-22,33-34,37-38H,1-8,17-18,23-24H2/t33-,34-,37?,38?/m1/s1. The molecule has 0 aliphatic carbocycles. The van der Waals surface area contributed by atoms with Crippen molar-refractivity contribution in [2.24, 2.45) is 0 Å². The Hall–Kier alpha value is -3.84. The second-order valence-electron chi connectivity index (χ2n) is 12.9. The van der Waals surface area contributed by atoms with Crippen LogP contribution in [0, 0.1) is 0 Å². The maximum atomic E-state index is 13.2. The van der Waals surface area contributed by atoms with Crippen molar-refractivity contribution in [3.63, 3.8) is 0 Å². The van der Waals surface area contributed by atoms with Crippen molar-refractivity contribution in [1.82, 2.24) is 0 Å². The maximum Gasteiger partial charge on any atom is 0.338 e. The van der Waals surface area contributed by atoms with Gasteiger partial charge in [-0.2, -0.15) is 0 Å². The average molecular weight is 841 g/mol. The minimum absolute atomic E-state index is 0.104. The first kappa shape index (κ1) is 37.9. The number of ether oxygens (including phenoxy) is 6. The van der Waals surface area contributed by atoms with E-state index in [2.05, 4.69) is 31.9 Å². The van der Waals surface area contributed by atoms with Crippen LogP contribution in [0.4, 0.5) is 0 Å². The van der Waals surface area contributed by atoms with E-state index in [1.807, 2.05) is 0 Å². The highest BCUT2D eigenvalue weighted by Crippen LogP contribution is 2.32. The number of halogens is 2. The van der Waals surface area contributed by atoms with Crippen molar-refractivity contribution in [2.75, 3.05) is 23.9 Å². The number of alkyl halides is 2. The summed E-state index contributed by atoms with van der Waals surface area (Å²) in [4.78, 5) is 50.7. The SMILES string of the molecule is O=C(CCCCCBr)Oc1ccc2cc(C(=O)O[C@@H]3COC4C3OC[C@H]4OC(=O)c3ccc4cc(OC(=O)CCCCCBr)ccc4c3)ccc2c1. The smallest absolute Gasteiger partial charge is 0.338 e. The van der Waals surface area contributed by atoms with E-state index in [4.69, 9.17) is 28.4 Å². The number of rotatable bonds is 16. The first-order valence-corrected chi connectivity index (χ1v) is 19.8. The van der Waals surface area contributed by atoms with Gasteiger partial charge in [0.2, 0.25) is 0 Å². The van der Waals surface area contributed by atoms with E-state index in [9.17, 15) is 19.2 Å². The van der Waals surface area contributed by atoms with Crippen molar-refractivity contribution in [2.45, 2.75) is 75.8 Å². The van der Waals surface area contributed by atoms with Gasteiger partial charge in [-0.05, 0) is 95.8 Å². The van der Waals surface area contributed by atoms with Crippen LogP contribution in [0.25, 0.3) is 21.5 Å². The van der Waals surface area contributed by atoms with Crippen molar-refractivity contribution in [3.8, 4) is 11.5 Å². The molecule has 6 rings (SSSR count). The lowest BCUT2D eigenvalue weighted by Gasteiger charge is -2.17. The number of hydrogen-bond acceptors (Lipinski definition) is 10. The quantitative estimate of drug-likeness (QED) is 0.0472. The van der Waals surface area contributed by atoms with Gasteiger partial charge in [-0.15, -0.1) is 0 Å². The Bertz CT molecular complexity index is 1780. The molecule has 12 heteroatoms. The highest BCUT2D eigenvalue weighted by Gasteiger charge is 2.51. The highest BCUT2D eigenvalue weighted by atomic mass is 79.9. The summed E-state index contributed by atoms with van der Waals surface area (Å²) < 4.78 is 34.4. The minimum Gasteiger partial charge on any atom is -0.453 e. The van der Waals surface area contributed by atoms with Crippen LogP contribution in [0.5, 0.6) is 11.5 Å². The van der Waals surface area contributed by atoms with Crippen LogP contribution >= 0.6 is 31.9 Å². The zero-order chi connectivity index (χ0) is 36.5. The maximum absolute atomic E-state index is 13.2. The fraction of sp³-hybridized carbons (Fsp3) is 0.400. The second kappa shape index (κ2) is 18.3. The number of benzene rings is 4. The van der Waals surface area contributed by atoms with E-state index in [1.54, 1.807) is 72.8 Å². The van der Waals surface area contributed by atoms with Crippen LogP contribution in [0.3, 0.4) is 0 Å². The van der Waals surface area contributed by atoms with Crippen molar-refractivity contribution in [3.05, 3.63) is 83.9 Å². The molecule has 2 heterocycles. The molecule has 0 aromatic heterocycles. The molecule has 0 spiro atoms. The van der Waals surface area contributed by atoms with Gasteiger partial charge in [0.25, 0.3) is 0 Å². The molecule has 0 radical (unpaired) electrons. The number of unbranched alkanes of at least 4 members (excludes halogenated alkanes) is 4. The molecule has 2 unspecified atom stereocenters. The Morgan fingerprint density at radius 2 is 0.942 bits per heavy atom. The van der Waals surface area contributed by atoms with Crippen LogP contribution in [0.15, 0.2) is 72.8 Å². The fourth-order valence-corrected chi connectivity index (χ4v) is 7.11. The Kier molecular flexibility index (Phi) is 13.3. The predicted molar refractivity (Wildman–Crippen MR) is 202 cm³/mol. The summed E-state index contributed by atoms with van der Waals surface area (Å²) in [6.07, 6.45) is 3.72. The molecule has 274 valence electrons. The van der Waals surface area contributed by atoms with Crippen LogP contribution in [-0.4, -0.2) is 72.2 Å². The molecule has 0 N–H and O–H groups in total. The number of fused-ring (bicyclic) bond motifs is 3. The molecule has 2 aliphatic rings. The van der Waals surface area contributed by atoms with E-state index in [0.29, 0.717) is 35.5 Å². The summed E-state index contributed by atoms with van der Waals surface area (Å²) in [7, 11) is 0. The molecular formula is C40H40Br2O10. The topological polar surface area (TPSA) is 124 Å². The molecule has 4 atom stereocenters. The van der Waals surface area contributed by atoms with Gasteiger partial charge in [0.1, 0.15) is 23.7 Å². The second-order valence-corrected chi connectivity index (χ2v) is 14.5. The third-order valence-electron chi connectivity index (χ3n) is 9.07. The van der Waals surface area contributed by atoms with Crippen molar-refractivity contribution in [1.29, 1.82) is 0 Å². The lowest BCUT2D eigenvalue weighted by atomic mass is 10.1. The average Bonchev–Trinajstić information content (AvgIpc) is 3.74. The third kappa shape index (κ3) is 9.77. The molecule has 2 saturated heterocycles. The van der Waals surface area contributed by atoms with Crippen LogP contribution in [-0.2, 0) is 28.5 Å². The minimum atomic E-state index is -0.675. The van der Waals surface area contributed by atoms with E-state index < -0.39 is 36.4 Å². The Morgan fingerprint density at radius 3 is 1.37 bits per heavy atom. The monoisotopic (exact) mass is 838 g/mol. The van der Waals surface area contributed by atoms with Crippen molar-refractivity contribution >= 4 is 77.3 Å². The van der Waals surface area contributed by atoms with Gasteiger partial charge in [-0.25, -0.2) is 9.59 Å². The Labute approximate surface area is 318 Å². The van der Waals surface area contributed by atoms with Crippen LogP contribution in [0.1, 0.15) is 72.1 Å². The number of hydrogen-bond donors (Lipinski definition) is 0. The van der Waals surface area contributed by atoms with E-state index in [1.165, 1.54) is 0 Å². The molecule has 10 nitrogen and oxygen atoms in total. The van der Waals surface area contributed by atoms with Gasteiger partial charge >= 0.3 is 23.9 Å². The number of esters is 4. The van der Waals surface area contributed by atoms with Crippen LogP contribution in [0.2, 0.25) is 0 Å². The summed E-state index contributed by atoms with van der Waals surface area (Å²) in [6, 6.07) is 20.9. The van der Waals surface area contributed by atoms with E-state index >= 15 is 0 Å². The number of carbonyl (C=O) groups excluding carboxylic acids is 4. The zero-order valence-electron chi connectivity index (χ0n) is 28.6. The number of carbonyl (C=O) groups is 4. The normalized spacial score (nSPS) is 19.3. The summed E-state index contributed by atoms with van der Waals surface area (Å²) in [6.45, 7) is 0.209. The van der Waals surface area contributed by atoms with Gasteiger partial charge < -0.3 is 28.4 Å². The predicted octanol–water partition coefficient (Wildman–Crippen LogP) is 8.26. The molecule has 0 amide bonds. The van der Waals surface area contributed by atoms with Gasteiger partial charge in [-0.3, -0.25) is 9.59 Å². The van der Waals surface area contributed by atoms with Gasteiger partial charge in [0.05, 0.1) is 24.3 Å². The lowest BCUT2D eigenvalue weighted by molar-refractivity contribution is -0.135. The highest BCUT2D eigenvalue weighted by molar-refractivity contribution is 9.09. The van der Waals surface area contributed by atoms with Gasteiger partial charge in [0.15, 0.2) is 12.2 Å². The molecule has 2 fully saturated rings.